The summed E-state index contributed by atoms with van der Waals surface area (Å²) in [5.41, 5.74) is -3.23. The van der Waals surface area contributed by atoms with Crippen molar-refractivity contribution in [1.29, 1.82) is 0 Å². The van der Waals surface area contributed by atoms with Gasteiger partial charge in [-0.15, -0.1) is 0 Å². The van der Waals surface area contributed by atoms with E-state index < -0.39 is 51.6 Å². The van der Waals surface area contributed by atoms with Crippen molar-refractivity contribution in [3.05, 3.63) is 35.8 Å². The molecule has 1 aromatic rings. The summed E-state index contributed by atoms with van der Waals surface area (Å²) >= 11 is 0. The third-order valence-corrected chi connectivity index (χ3v) is 10.5. The van der Waals surface area contributed by atoms with Crippen LogP contribution in [0.3, 0.4) is 0 Å². The van der Waals surface area contributed by atoms with Gasteiger partial charge in [0.2, 0.25) is 5.79 Å². The molecule has 1 aromatic heterocycles. The van der Waals surface area contributed by atoms with Crippen LogP contribution in [0.5, 0.6) is 0 Å². The molecule has 3 N–H and O–H groups in total. The number of furan rings is 1. The highest BCUT2D eigenvalue weighted by atomic mass is 16.8. The fraction of sp³-hybridized carbons (Fsp3) is 0.778. The van der Waals surface area contributed by atoms with E-state index >= 15 is 0 Å². The Labute approximate surface area is 205 Å². The molecule has 6 aliphatic rings. The molecule has 5 fully saturated rings. The maximum Gasteiger partial charge on any atom is 0.224 e. The SMILES string of the molecule is CC1=CC(C)(C)C2OC3(O)CCC4(C)C(c5ccoc5)OC5(C(C)C)CC4C34OC1(O)C2(O)C4O5. The van der Waals surface area contributed by atoms with Crippen molar-refractivity contribution in [3.63, 3.8) is 0 Å². The second-order valence-electron chi connectivity index (χ2n) is 13.1. The summed E-state index contributed by atoms with van der Waals surface area (Å²) in [5, 5.41) is 37.0. The second kappa shape index (κ2) is 6.07. The van der Waals surface area contributed by atoms with Gasteiger partial charge < -0.3 is 38.7 Å². The number of fused-ring (bicyclic) bond motifs is 1. The van der Waals surface area contributed by atoms with Crippen molar-refractivity contribution >= 4 is 0 Å². The highest BCUT2D eigenvalue weighted by molar-refractivity contribution is 5.42. The molecule has 2 aliphatic carbocycles. The molecule has 0 radical (unpaired) electrons. The number of ether oxygens (including phenoxy) is 4. The Kier molecular flexibility index (Phi) is 3.97. The zero-order chi connectivity index (χ0) is 25.0. The highest BCUT2D eigenvalue weighted by Crippen LogP contribution is 2.77. The number of aliphatic hydroxyl groups is 3. The first kappa shape index (κ1) is 22.9. The predicted molar refractivity (Wildman–Crippen MR) is 122 cm³/mol. The smallest absolute Gasteiger partial charge is 0.224 e. The van der Waals surface area contributed by atoms with Gasteiger partial charge in [-0.3, -0.25) is 0 Å². The molecule has 1 spiro atoms. The number of hydrogen-bond acceptors (Lipinski definition) is 8. The monoisotopic (exact) mass is 488 g/mol. The Balaban J connectivity index is 1.52. The zero-order valence-corrected chi connectivity index (χ0v) is 21.2. The van der Waals surface area contributed by atoms with Crippen molar-refractivity contribution in [2.45, 2.75) is 108 Å². The summed E-state index contributed by atoms with van der Waals surface area (Å²) in [6.07, 6.45) is 4.12. The number of rotatable bonds is 2. The third-order valence-electron chi connectivity index (χ3n) is 10.5. The first-order chi connectivity index (χ1) is 16.2. The Hall–Kier alpha value is -1.26. The first-order valence-electron chi connectivity index (χ1n) is 12.8. The van der Waals surface area contributed by atoms with Gasteiger partial charge in [-0.05, 0) is 25.0 Å². The van der Waals surface area contributed by atoms with Crippen molar-refractivity contribution in [1.82, 2.24) is 0 Å². The van der Waals surface area contributed by atoms with Crippen LogP contribution in [0.15, 0.2) is 34.7 Å². The zero-order valence-electron chi connectivity index (χ0n) is 21.2. The van der Waals surface area contributed by atoms with Crippen LogP contribution in [0.2, 0.25) is 0 Å². The van der Waals surface area contributed by atoms with Gasteiger partial charge in [-0.2, -0.15) is 0 Å². The quantitative estimate of drug-likeness (QED) is 0.545. The Morgan fingerprint density at radius 2 is 1.74 bits per heavy atom. The molecule has 4 saturated heterocycles. The van der Waals surface area contributed by atoms with E-state index in [2.05, 4.69) is 6.92 Å². The van der Waals surface area contributed by atoms with Gasteiger partial charge in [0.1, 0.15) is 12.2 Å². The van der Waals surface area contributed by atoms with Gasteiger partial charge in [-0.25, -0.2) is 0 Å². The van der Waals surface area contributed by atoms with Crippen molar-refractivity contribution in [2.24, 2.45) is 22.7 Å². The van der Waals surface area contributed by atoms with Crippen molar-refractivity contribution < 1.29 is 38.7 Å². The van der Waals surface area contributed by atoms with Gasteiger partial charge in [0, 0.05) is 41.1 Å². The van der Waals surface area contributed by atoms with E-state index in [0.29, 0.717) is 18.4 Å². The fourth-order valence-corrected chi connectivity index (χ4v) is 8.79. The minimum absolute atomic E-state index is 0.0706. The lowest BCUT2D eigenvalue weighted by Crippen LogP contribution is -2.86. The summed E-state index contributed by atoms with van der Waals surface area (Å²) in [4.78, 5) is 0. The van der Waals surface area contributed by atoms with Gasteiger partial charge in [0.05, 0.1) is 18.6 Å². The minimum atomic E-state index is -2.07. The molecule has 10 atom stereocenters. The average molecular weight is 489 g/mol. The van der Waals surface area contributed by atoms with Crippen LogP contribution in [-0.2, 0) is 18.9 Å². The van der Waals surface area contributed by atoms with Crippen molar-refractivity contribution in [3.8, 4) is 0 Å². The van der Waals surface area contributed by atoms with E-state index in [1.807, 2.05) is 39.8 Å². The summed E-state index contributed by atoms with van der Waals surface area (Å²) in [7, 11) is 0. The largest absolute Gasteiger partial charge is 0.472 e. The molecule has 10 unspecified atom stereocenters. The maximum atomic E-state index is 12.5. The molecule has 5 heterocycles. The second-order valence-corrected chi connectivity index (χ2v) is 13.1. The molecule has 7 rings (SSSR count). The Bertz CT molecular complexity index is 1130. The van der Waals surface area contributed by atoms with E-state index in [1.54, 1.807) is 19.5 Å². The van der Waals surface area contributed by atoms with Gasteiger partial charge in [-0.1, -0.05) is 40.7 Å². The van der Waals surface area contributed by atoms with E-state index in [0.717, 1.165) is 5.56 Å². The first-order valence-corrected chi connectivity index (χ1v) is 12.8. The van der Waals surface area contributed by atoms with E-state index in [-0.39, 0.29) is 24.4 Å². The number of hydrogen-bond donors (Lipinski definition) is 3. The molecule has 35 heavy (non-hydrogen) atoms. The molecule has 0 amide bonds. The van der Waals surface area contributed by atoms with Crippen molar-refractivity contribution in [2.75, 3.05) is 0 Å². The van der Waals surface area contributed by atoms with E-state index in [1.165, 1.54) is 0 Å². The highest BCUT2D eigenvalue weighted by Gasteiger charge is 2.92. The molecule has 0 aromatic carbocycles. The van der Waals surface area contributed by atoms with Crippen LogP contribution in [0, 0.1) is 22.7 Å². The summed E-state index contributed by atoms with van der Waals surface area (Å²) in [5.74, 6) is -5.27. The molecule has 4 aliphatic heterocycles. The molecule has 1 saturated carbocycles. The molecular weight excluding hydrogens is 452 g/mol. The Morgan fingerprint density at radius 3 is 2.40 bits per heavy atom. The summed E-state index contributed by atoms with van der Waals surface area (Å²) in [6.45, 7) is 11.9. The average Bonchev–Trinajstić information content (AvgIpc) is 3.36. The summed E-state index contributed by atoms with van der Waals surface area (Å²) < 4.78 is 32.4. The standard InChI is InChI=1S/C27H36O8/c1-14(2)23-12-17-22(6,18(32-23)16-7-10-31-13-16)8-9-24(28)26(17)20(33-23)25(29)19(34-24)21(4,5)11-15(3)27(25,30)35-26/h7,10-11,13-14,17-20,28-30H,8-9,12H2,1-6H3. The molecule has 4 bridgehead atoms. The lowest BCUT2D eigenvalue weighted by Gasteiger charge is -2.72. The van der Waals surface area contributed by atoms with Gasteiger partial charge >= 0.3 is 0 Å². The molecule has 8 heteroatoms. The van der Waals surface area contributed by atoms with Gasteiger partial charge in [0.25, 0.3) is 0 Å². The fourth-order valence-electron chi connectivity index (χ4n) is 8.79. The summed E-state index contributed by atoms with van der Waals surface area (Å²) in [6, 6.07) is 1.90. The lowest BCUT2D eigenvalue weighted by atomic mass is 9.47. The van der Waals surface area contributed by atoms with E-state index in [4.69, 9.17) is 23.4 Å². The third kappa shape index (κ3) is 2.16. The van der Waals surface area contributed by atoms with E-state index in [9.17, 15) is 15.3 Å². The normalized spacial score (nSPS) is 57.3. The topological polar surface area (TPSA) is 111 Å². The van der Waals surface area contributed by atoms with Crippen LogP contribution >= 0.6 is 0 Å². The van der Waals surface area contributed by atoms with Crippen LogP contribution in [0.1, 0.15) is 72.5 Å². The minimum Gasteiger partial charge on any atom is -0.472 e. The van der Waals surface area contributed by atoms with Gasteiger partial charge in [0.15, 0.2) is 22.8 Å². The maximum absolute atomic E-state index is 12.5. The molecular formula is C27H36O8. The lowest BCUT2D eigenvalue weighted by molar-refractivity contribution is -0.496. The molecule has 8 nitrogen and oxygen atoms in total. The van der Waals surface area contributed by atoms with Crippen LogP contribution in [0.25, 0.3) is 0 Å². The van der Waals surface area contributed by atoms with Crippen LogP contribution in [0.4, 0.5) is 0 Å². The predicted octanol–water partition coefficient (Wildman–Crippen LogP) is 3.17. The van der Waals surface area contributed by atoms with Crippen LogP contribution < -0.4 is 0 Å². The Morgan fingerprint density at radius 1 is 1.00 bits per heavy atom. The van der Waals surface area contributed by atoms with Crippen LogP contribution in [-0.4, -0.2) is 56.1 Å². The molecule has 192 valence electrons.